The standard InChI is InChI=1S/C13H26N4O2S/c14-8-11-2-1-6-17(9-11)20(18,19)15-12-5-7-16(10-12)13-3-4-13/h11-13,15H,1-10,14H2. The molecule has 7 heteroatoms. The Labute approximate surface area is 121 Å². The van der Waals surface area contributed by atoms with Gasteiger partial charge in [-0.3, -0.25) is 4.90 Å². The lowest BCUT2D eigenvalue weighted by Gasteiger charge is -2.32. The minimum atomic E-state index is -3.34. The first kappa shape index (κ1) is 14.7. The van der Waals surface area contributed by atoms with Crippen molar-refractivity contribution < 1.29 is 8.42 Å². The number of hydrogen-bond donors (Lipinski definition) is 2. The second kappa shape index (κ2) is 5.88. The van der Waals surface area contributed by atoms with E-state index in [1.807, 2.05) is 0 Å². The molecule has 1 saturated carbocycles. The van der Waals surface area contributed by atoms with Crippen molar-refractivity contribution in [3.8, 4) is 0 Å². The van der Waals surface area contributed by atoms with Crippen molar-refractivity contribution in [1.29, 1.82) is 0 Å². The third-order valence-electron chi connectivity index (χ3n) is 4.75. The van der Waals surface area contributed by atoms with Crippen LogP contribution in [-0.2, 0) is 10.2 Å². The summed E-state index contributed by atoms with van der Waals surface area (Å²) in [5, 5.41) is 0. The van der Waals surface area contributed by atoms with Crippen molar-refractivity contribution in [3.63, 3.8) is 0 Å². The number of piperidine rings is 1. The number of likely N-dealkylation sites (tertiary alicyclic amines) is 1. The Hall–Kier alpha value is -0.210. The lowest BCUT2D eigenvalue weighted by atomic mass is 10.0. The molecule has 2 atom stereocenters. The Morgan fingerprint density at radius 1 is 1.10 bits per heavy atom. The van der Waals surface area contributed by atoms with Gasteiger partial charge in [0, 0.05) is 38.3 Å². The summed E-state index contributed by atoms with van der Waals surface area (Å²) < 4.78 is 29.4. The van der Waals surface area contributed by atoms with Crippen LogP contribution < -0.4 is 10.5 Å². The molecule has 0 aromatic carbocycles. The zero-order valence-corrected chi connectivity index (χ0v) is 12.8. The van der Waals surface area contributed by atoms with Gasteiger partial charge in [0.25, 0.3) is 10.2 Å². The molecule has 2 unspecified atom stereocenters. The Kier molecular flexibility index (Phi) is 4.33. The van der Waals surface area contributed by atoms with E-state index in [4.69, 9.17) is 5.73 Å². The van der Waals surface area contributed by atoms with E-state index in [0.29, 0.717) is 25.6 Å². The first-order valence-corrected chi connectivity index (χ1v) is 9.24. The van der Waals surface area contributed by atoms with Crippen LogP contribution in [0, 0.1) is 5.92 Å². The molecule has 3 aliphatic rings. The molecular formula is C13H26N4O2S. The van der Waals surface area contributed by atoms with Gasteiger partial charge in [-0.2, -0.15) is 17.4 Å². The molecule has 2 heterocycles. The maximum absolute atomic E-state index is 12.5. The van der Waals surface area contributed by atoms with Gasteiger partial charge in [0.05, 0.1) is 0 Å². The van der Waals surface area contributed by atoms with Crippen molar-refractivity contribution in [2.45, 2.75) is 44.2 Å². The number of rotatable bonds is 5. The molecule has 0 aromatic heterocycles. The van der Waals surface area contributed by atoms with Crippen molar-refractivity contribution in [2.75, 3.05) is 32.7 Å². The van der Waals surface area contributed by atoms with Gasteiger partial charge >= 0.3 is 0 Å². The minimum absolute atomic E-state index is 0.0823. The molecule has 0 aromatic rings. The monoisotopic (exact) mass is 302 g/mol. The van der Waals surface area contributed by atoms with Crippen LogP contribution in [-0.4, -0.2) is 62.4 Å². The highest BCUT2D eigenvalue weighted by molar-refractivity contribution is 7.87. The molecule has 2 aliphatic heterocycles. The highest BCUT2D eigenvalue weighted by Crippen LogP contribution is 2.30. The van der Waals surface area contributed by atoms with Crippen molar-refractivity contribution in [2.24, 2.45) is 11.7 Å². The van der Waals surface area contributed by atoms with Crippen LogP contribution >= 0.6 is 0 Å². The smallest absolute Gasteiger partial charge is 0.279 e. The number of hydrogen-bond acceptors (Lipinski definition) is 4. The van der Waals surface area contributed by atoms with E-state index in [2.05, 4.69) is 9.62 Å². The summed E-state index contributed by atoms with van der Waals surface area (Å²) in [6, 6.07) is 0.806. The largest absolute Gasteiger partial charge is 0.330 e. The maximum Gasteiger partial charge on any atom is 0.279 e. The summed E-state index contributed by atoms with van der Waals surface area (Å²) in [6.45, 7) is 3.68. The van der Waals surface area contributed by atoms with Crippen LogP contribution in [0.25, 0.3) is 0 Å². The Morgan fingerprint density at radius 3 is 2.60 bits per heavy atom. The third kappa shape index (κ3) is 3.33. The topological polar surface area (TPSA) is 78.7 Å². The average molecular weight is 302 g/mol. The first-order chi connectivity index (χ1) is 9.58. The molecule has 6 nitrogen and oxygen atoms in total. The van der Waals surface area contributed by atoms with Gasteiger partial charge in [-0.15, -0.1) is 0 Å². The van der Waals surface area contributed by atoms with Gasteiger partial charge in [-0.25, -0.2) is 0 Å². The number of nitrogens with two attached hydrogens (primary N) is 1. The lowest BCUT2D eigenvalue weighted by molar-refractivity contribution is 0.266. The molecular weight excluding hydrogens is 276 g/mol. The van der Waals surface area contributed by atoms with Gasteiger partial charge < -0.3 is 5.73 Å². The average Bonchev–Trinajstić information content (AvgIpc) is 3.20. The van der Waals surface area contributed by atoms with E-state index in [1.54, 1.807) is 4.31 Å². The Morgan fingerprint density at radius 2 is 1.90 bits per heavy atom. The van der Waals surface area contributed by atoms with E-state index < -0.39 is 10.2 Å². The summed E-state index contributed by atoms with van der Waals surface area (Å²) in [5.41, 5.74) is 5.68. The predicted octanol–water partition coefficient (Wildman–Crippen LogP) is -0.272. The molecule has 3 N–H and O–H groups in total. The molecule has 0 amide bonds. The number of nitrogens with one attached hydrogen (secondary N) is 1. The predicted molar refractivity (Wildman–Crippen MR) is 78.4 cm³/mol. The van der Waals surface area contributed by atoms with Gasteiger partial charge in [0.15, 0.2) is 0 Å². The quantitative estimate of drug-likeness (QED) is 0.733. The third-order valence-corrected chi connectivity index (χ3v) is 6.40. The van der Waals surface area contributed by atoms with Gasteiger partial charge in [-0.1, -0.05) is 0 Å². The summed E-state index contributed by atoms with van der Waals surface area (Å²) in [5.74, 6) is 0.312. The second-order valence-corrected chi connectivity index (χ2v) is 8.14. The zero-order chi connectivity index (χ0) is 14.2. The molecule has 1 aliphatic carbocycles. The first-order valence-electron chi connectivity index (χ1n) is 7.80. The summed E-state index contributed by atoms with van der Waals surface area (Å²) in [4.78, 5) is 2.42. The minimum Gasteiger partial charge on any atom is -0.330 e. The van der Waals surface area contributed by atoms with Crippen molar-refractivity contribution >= 4 is 10.2 Å². The van der Waals surface area contributed by atoms with E-state index in [0.717, 1.165) is 38.4 Å². The Bertz CT molecular complexity index is 438. The van der Waals surface area contributed by atoms with Gasteiger partial charge in [0.2, 0.25) is 0 Å². The zero-order valence-electron chi connectivity index (χ0n) is 12.0. The molecule has 116 valence electrons. The van der Waals surface area contributed by atoms with Crippen LogP contribution in [0.3, 0.4) is 0 Å². The fourth-order valence-electron chi connectivity index (χ4n) is 3.38. The van der Waals surface area contributed by atoms with Crippen molar-refractivity contribution in [3.05, 3.63) is 0 Å². The molecule has 0 bridgehead atoms. The fraction of sp³-hybridized carbons (Fsp3) is 1.00. The van der Waals surface area contributed by atoms with Gasteiger partial charge in [0.1, 0.15) is 0 Å². The van der Waals surface area contributed by atoms with E-state index in [-0.39, 0.29) is 6.04 Å². The molecule has 0 radical (unpaired) electrons. The summed E-state index contributed by atoms with van der Waals surface area (Å²) in [7, 11) is -3.34. The van der Waals surface area contributed by atoms with E-state index in [9.17, 15) is 8.42 Å². The summed E-state index contributed by atoms with van der Waals surface area (Å²) >= 11 is 0. The normalized spacial score (nSPS) is 33.6. The van der Waals surface area contributed by atoms with Crippen LogP contribution in [0.2, 0.25) is 0 Å². The van der Waals surface area contributed by atoms with Crippen LogP contribution in [0.5, 0.6) is 0 Å². The van der Waals surface area contributed by atoms with Gasteiger partial charge in [-0.05, 0) is 44.6 Å². The highest BCUT2D eigenvalue weighted by Gasteiger charge is 2.37. The maximum atomic E-state index is 12.5. The van der Waals surface area contributed by atoms with E-state index in [1.165, 1.54) is 12.8 Å². The highest BCUT2D eigenvalue weighted by atomic mass is 32.2. The van der Waals surface area contributed by atoms with Crippen molar-refractivity contribution in [1.82, 2.24) is 13.9 Å². The molecule has 3 fully saturated rings. The lowest BCUT2D eigenvalue weighted by Crippen LogP contribution is -2.50. The SMILES string of the molecule is NCC1CCCN(S(=O)(=O)NC2CCN(C3CC3)C2)C1. The second-order valence-electron chi connectivity index (χ2n) is 6.44. The molecule has 20 heavy (non-hydrogen) atoms. The van der Waals surface area contributed by atoms with Crippen LogP contribution in [0.15, 0.2) is 0 Å². The number of nitrogens with zero attached hydrogens (tertiary/aromatic N) is 2. The molecule has 0 spiro atoms. The molecule has 2 saturated heterocycles. The summed E-state index contributed by atoms with van der Waals surface area (Å²) in [6.07, 6.45) is 5.46. The molecule has 3 rings (SSSR count). The Balaban J connectivity index is 1.55. The van der Waals surface area contributed by atoms with Crippen LogP contribution in [0.1, 0.15) is 32.1 Å². The van der Waals surface area contributed by atoms with Crippen LogP contribution in [0.4, 0.5) is 0 Å². The van der Waals surface area contributed by atoms with E-state index >= 15 is 0 Å². The fourth-order valence-corrected chi connectivity index (χ4v) is 4.92.